The van der Waals surface area contributed by atoms with Crippen LogP contribution in [0.25, 0.3) is 6.08 Å². The van der Waals surface area contributed by atoms with Crippen LogP contribution in [0.15, 0.2) is 48.4 Å². The highest BCUT2D eigenvalue weighted by molar-refractivity contribution is 6.10. The van der Waals surface area contributed by atoms with Crippen molar-refractivity contribution in [3.05, 3.63) is 59.7 Å². The van der Waals surface area contributed by atoms with Crippen LogP contribution < -0.4 is 0 Å². The molecule has 0 radical (unpaired) electrons. The minimum absolute atomic E-state index is 0.0480. The highest BCUT2D eigenvalue weighted by Crippen LogP contribution is 2.11. The summed E-state index contributed by atoms with van der Waals surface area (Å²) in [5.41, 5.74) is 2.34. The second-order valence-corrected chi connectivity index (χ2v) is 3.95. The summed E-state index contributed by atoms with van der Waals surface area (Å²) < 4.78 is 1.88. The highest BCUT2D eigenvalue weighted by Gasteiger charge is 2.07. The van der Waals surface area contributed by atoms with E-state index in [9.17, 15) is 4.79 Å². The van der Waals surface area contributed by atoms with Gasteiger partial charge >= 0.3 is 0 Å². The number of hydrogen-bond acceptors (Lipinski definition) is 2. The molecule has 0 unspecified atom stereocenters. The zero-order valence-electron chi connectivity index (χ0n) is 15.9. The molecule has 0 saturated carbocycles. The summed E-state index contributed by atoms with van der Waals surface area (Å²) in [7, 11) is 1.90. The Morgan fingerprint density at radius 3 is 1.96 bits per heavy atom. The molecule has 0 fully saturated rings. The van der Waals surface area contributed by atoms with Crippen molar-refractivity contribution in [2.75, 3.05) is 0 Å². The SMILES string of the molecule is C/C(=C\c1cncn1C)C(=O)c1ccccc1.CC.CC.CC. The van der Waals surface area contributed by atoms with Crippen LogP contribution in [-0.2, 0) is 7.05 Å². The van der Waals surface area contributed by atoms with Crippen LogP contribution in [0.2, 0.25) is 0 Å². The first kappa shape index (κ1) is 23.1. The van der Waals surface area contributed by atoms with Gasteiger partial charge < -0.3 is 4.57 Å². The normalized spacial score (nSPS) is 9.30. The maximum atomic E-state index is 12.1. The Morgan fingerprint density at radius 1 is 1.00 bits per heavy atom. The number of Topliss-reactive ketones (excluding diaryl/α,β-unsaturated/α-hetero) is 1. The quantitative estimate of drug-likeness (QED) is 0.531. The van der Waals surface area contributed by atoms with Crippen molar-refractivity contribution in [3.63, 3.8) is 0 Å². The lowest BCUT2D eigenvalue weighted by Gasteiger charge is -2.01. The van der Waals surface area contributed by atoms with Gasteiger partial charge in [0.25, 0.3) is 0 Å². The number of imidazole rings is 1. The monoisotopic (exact) mass is 316 g/mol. The Hall–Kier alpha value is -2.16. The Kier molecular flexibility index (Phi) is 14.8. The first-order valence-electron chi connectivity index (χ1n) is 8.43. The molecule has 1 heterocycles. The summed E-state index contributed by atoms with van der Waals surface area (Å²) in [6.45, 7) is 13.8. The number of aryl methyl sites for hydroxylation is 1. The van der Waals surface area contributed by atoms with Crippen LogP contribution in [0.5, 0.6) is 0 Å². The number of rotatable bonds is 3. The van der Waals surface area contributed by atoms with Crippen molar-refractivity contribution in [3.8, 4) is 0 Å². The second-order valence-electron chi connectivity index (χ2n) is 3.95. The third-order valence-electron chi connectivity index (χ3n) is 2.61. The number of nitrogens with zero attached hydrogens (tertiary/aromatic N) is 2. The van der Waals surface area contributed by atoms with Crippen LogP contribution >= 0.6 is 0 Å². The molecule has 0 saturated heterocycles. The fourth-order valence-corrected chi connectivity index (χ4v) is 1.61. The summed E-state index contributed by atoms with van der Waals surface area (Å²) >= 11 is 0. The number of carbonyl (C=O) groups excluding carboxylic acids is 1. The van der Waals surface area contributed by atoms with Gasteiger partial charge in [0.2, 0.25) is 0 Å². The molecular weight excluding hydrogens is 284 g/mol. The van der Waals surface area contributed by atoms with E-state index in [1.54, 1.807) is 12.5 Å². The van der Waals surface area contributed by atoms with E-state index in [0.717, 1.165) is 5.69 Å². The first-order chi connectivity index (χ1) is 11.2. The molecule has 1 aromatic heterocycles. The lowest BCUT2D eigenvalue weighted by molar-refractivity contribution is 0.103. The van der Waals surface area contributed by atoms with Gasteiger partial charge in [0, 0.05) is 12.6 Å². The third kappa shape index (κ3) is 8.15. The molecule has 0 bridgehead atoms. The summed E-state index contributed by atoms with van der Waals surface area (Å²) in [5, 5.41) is 0. The van der Waals surface area contributed by atoms with Gasteiger partial charge in [0.05, 0.1) is 18.2 Å². The molecule has 3 heteroatoms. The maximum absolute atomic E-state index is 12.1. The van der Waals surface area contributed by atoms with E-state index in [1.165, 1.54) is 0 Å². The minimum Gasteiger partial charge on any atom is -0.334 e. The summed E-state index contributed by atoms with van der Waals surface area (Å²) in [6, 6.07) is 9.28. The number of aromatic nitrogens is 2. The molecule has 0 aliphatic carbocycles. The van der Waals surface area contributed by atoms with Crippen molar-refractivity contribution in [2.24, 2.45) is 7.05 Å². The molecule has 0 aliphatic rings. The molecule has 0 N–H and O–H groups in total. The Labute approximate surface area is 142 Å². The van der Waals surface area contributed by atoms with E-state index >= 15 is 0 Å². The van der Waals surface area contributed by atoms with E-state index in [0.29, 0.717) is 11.1 Å². The predicted octanol–water partition coefficient (Wildman–Crippen LogP) is 5.78. The van der Waals surface area contributed by atoms with E-state index in [-0.39, 0.29) is 5.78 Å². The van der Waals surface area contributed by atoms with E-state index < -0.39 is 0 Å². The Morgan fingerprint density at radius 2 is 1.52 bits per heavy atom. The van der Waals surface area contributed by atoms with Gasteiger partial charge in [-0.15, -0.1) is 0 Å². The van der Waals surface area contributed by atoms with E-state index in [1.807, 2.05) is 96.5 Å². The van der Waals surface area contributed by atoms with Gasteiger partial charge in [0.1, 0.15) is 0 Å². The zero-order chi connectivity index (χ0) is 18.3. The van der Waals surface area contributed by atoms with Crippen molar-refractivity contribution >= 4 is 11.9 Å². The predicted molar refractivity (Wildman–Crippen MR) is 102 cm³/mol. The molecule has 2 rings (SSSR count). The van der Waals surface area contributed by atoms with E-state index in [4.69, 9.17) is 0 Å². The number of benzene rings is 1. The van der Waals surface area contributed by atoms with E-state index in [2.05, 4.69) is 4.98 Å². The Bertz CT molecular complexity index is 554. The fourth-order valence-electron chi connectivity index (χ4n) is 1.61. The van der Waals surface area contributed by atoms with Gasteiger partial charge in [0.15, 0.2) is 5.78 Å². The largest absolute Gasteiger partial charge is 0.334 e. The molecule has 2 aromatic rings. The average molecular weight is 316 g/mol. The standard InChI is InChI=1S/C14H14N2O.3C2H6/c1-11(8-13-9-15-10-16(13)2)14(17)12-6-4-3-5-7-12;3*1-2/h3-10H,1-2H3;3*1-2H3/b11-8+;;;. The zero-order valence-corrected chi connectivity index (χ0v) is 15.9. The molecule has 0 spiro atoms. The summed E-state index contributed by atoms with van der Waals surface area (Å²) in [4.78, 5) is 16.1. The van der Waals surface area contributed by atoms with Crippen molar-refractivity contribution in [1.29, 1.82) is 0 Å². The van der Waals surface area contributed by atoms with Crippen LogP contribution in [-0.4, -0.2) is 15.3 Å². The molecule has 0 atom stereocenters. The number of allylic oxidation sites excluding steroid dienone is 1. The van der Waals surface area contributed by atoms with Gasteiger partial charge in [-0.1, -0.05) is 71.9 Å². The molecule has 128 valence electrons. The number of hydrogen-bond donors (Lipinski definition) is 0. The Balaban J connectivity index is 0. The minimum atomic E-state index is 0.0480. The third-order valence-corrected chi connectivity index (χ3v) is 2.61. The average Bonchev–Trinajstić information content (AvgIpc) is 3.05. The summed E-state index contributed by atoms with van der Waals surface area (Å²) in [6.07, 6.45) is 5.30. The topological polar surface area (TPSA) is 34.9 Å². The van der Waals surface area contributed by atoms with Gasteiger partial charge in [-0.25, -0.2) is 4.98 Å². The molecule has 23 heavy (non-hydrogen) atoms. The second kappa shape index (κ2) is 14.8. The highest BCUT2D eigenvalue weighted by atomic mass is 16.1. The van der Waals surface area contributed by atoms with Crippen LogP contribution in [0.1, 0.15) is 64.5 Å². The number of carbonyl (C=O) groups is 1. The maximum Gasteiger partial charge on any atom is 0.188 e. The molecule has 3 nitrogen and oxygen atoms in total. The van der Waals surface area contributed by atoms with Crippen molar-refractivity contribution in [1.82, 2.24) is 9.55 Å². The molecule has 0 amide bonds. The molecular formula is C20H32N2O. The van der Waals surface area contributed by atoms with Crippen LogP contribution in [0.4, 0.5) is 0 Å². The lowest BCUT2D eigenvalue weighted by Crippen LogP contribution is -2.00. The van der Waals surface area contributed by atoms with Crippen LogP contribution in [0.3, 0.4) is 0 Å². The lowest BCUT2D eigenvalue weighted by atomic mass is 10.0. The van der Waals surface area contributed by atoms with Crippen molar-refractivity contribution < 1.29 is 4.79 Å². The van der Waals surface area contributed by atoms with Gasteiger partial charge in [-0.3, -0.25) is 4.79 Å². The van der Waals surface area contributed by atoms with Gasteiger partial charge in [-0.2, -0.15) is 0 Å². The molecule has 1 aromatic carbocycles. The molecule has 0 aliphatic heterocycles. The fraction of sp³-hybridized carbons (Fsp3) is 0.400. The van der Waals surface area contributed by atoms with Gasteiger partial charge in [-0.05, 0) is 18.6 Å². The number of ketones is 1. The first-order valence-corrected chi connectivity index (χ1v) is 8.43. The summed E-state index contributed by atoms with van der Waals surface area (Å²) in [5.74, 6) is 0.0480. The smallest absolute Gasteiger partial charge is 0.188 e. The van der Waals surface area contributed by atoms with Crippen molar-refractivity contribution in [2.45, 2.75) is 48.5 Å². The van der Waals surface area contributed by atoms with Crippen LogP contribution in [0, 0.1) is 0 Å².